The third kappa shape index (κ3) is 3.55. The molecule has 1 amide bonds. The minimum absolute atomic E-state index is 0.0457. The van der Waals surface area contributed by atoms with E-state index in [-0.39, 0.29) is 17.7 Å². The molecule has 0 atom stereocenters. The van der Waals surface area contributed by atoms with E-state index < -0.39 is 0 Å². The molecule has 2 heterocycles. The lowest BCUT2D eigenvalue weighted by Gasteiger charge is -2.31. The fraction of sp³-hybridized carbons (Fsp3) is 0.471. The molecule has 1 aliphatic rings. The summed E-state index contributed by atoms with van der Waals surface area (Å²) in [6, 6.07) is 7.40. The van der Waals surface area contributed by atoms with Gasteiger partial charge in [0.05, 0.1) is 0 Å². The van der Waals surface area contributed by atoms with Crippen molar-refractivity contribution in [2.75, 3.05) is 13.1 Å². The molecule has 0 saturated carbocycles. The van der Waals surface area contributed by atoms with E-state index >= 15 is 0 Å². The van der Waals surface area contributed by atoms with Crippen molar-refractivity contribution in [3.63, 3.8) is 0 Å². The number of benzene rings is 1. The lowest BCUT2D eigenvalue weighted by atomic mass is 9.96. The van der Waals surface area contributed by atoms with Gasteiger partial charge in [-0.25, -0.2) is 0 Å². The van der Waals surface area contributed by atoms with Crippen LogP contribution < -0.4 is 0 Å². The molecule has 5 nitrogen and oxygen atoms in total. The topological polar surface area (TPSA) is 59.2 Å². The van der Waals surface area contributed by atoms with Crippen LogP contribution in [0.3, 0.4) is 0 Å². The first kappa shape index (κ1) is 16.0. The molecule has 1 aromatic heterocycles. The summed E-state index contributed by atoms with van der Waals surface area (Å²) >= 11 is 6.00. The molecule has 1 fully saturated rings. The van der Waals surface area contributed by atoms with E-state index in [1.807, 2.05) is 43.0 Å². The van der Waals surface area contributed by atoms with E-state index in [4.69, 9.17) is 16.1 Å². The van der Waals surface area contributed by atoms with Crippen molar-refractivity contribution in [1.29, 1.82) is 0 Å². The second-order valence-electron chi connectivity index (χ2n) is 6.22. The first-order valence-corrected chi connectivity index (χ1v) is 8.30. The lowest BCUT2D eigenvalue weighted by molar-refractivity contribution is -0.135. The van der Waals surface area contributed by atoms with Crippen LogP contribution in [-0.4, -0.2) is 34.0 Å². The van der Waals surface area contributed by atoms with Gasteiger partial charge >= 0.3 is 0 Å². The quantitative estimate of drug-likeness (QED) is 0.858. The number of carbonyl (C=O) groups excluding carboxylic acids is 1. The van der Waals surface area contributed by atoms with E-state index in [0.29, 0.717) is 16.7 Å². The second-order valence-corrected chi connectivity index (χ2v) is 6.66. The lowest BCUT2D eigenvalue weighted by Crippen LogP contribution is -2.40. The van der Waals surface area contributed by atoms with Gasteiger partial charge in [-0.3, -0.25) is 4.79 Å². The average molecular weight is 334 g/mol. The van der Waals surface area contributed by atoms with E-state index in [9.17, 15) is 4.79 Å². The van der Waals surface area contributed by atoms with Gasteiger partial charge in [-0.05, 0) is 25.0 Å². The molecule has 2 aromatic rings. The molecule has 23 heavy (non-hydrogen) atoms. The van der Waals surface area contributed by atoms with E-state index in [1.54, 1.807) is 0 Å². The fourth-order valence-corrected chi connectivity index (χ4v) is 3.05. The highest BCUT2D eigenvalue weighted by molar-refractivity contribution is 6.30. The molecular weight excluding hydrogens is 314 g/mol. The molecule has 0 aliphatic carbocycles. The summed E-state index contributed by atoms with van der Waals surface area (Å²) < 4.78 is 5.43. The number of hydrogen-bond donors (Lipinski definition) is 0. The van der Waals surface area contributed by atoms with E-state index in [1.165, 1.54) is 0 Å². The van der Waals surface area contributed by atoms with Crippen LogP contribution in [0.4, 0.5) is 0 Å². The predicted molar refractivity (Wildman–Crippen MR) is 88.1 cm³/mol. The van der Waals surface area contributed by atoms with Crippen molar-refractivity contribution >= 4 is 17.5 Å². The van der Waals surface area contributed by atoms with Crippen molar-refractivity contribution in [3.05, 3.63) is 35.2 Å². The van der Waals surface area contributed by atoms with Crippen LogP contribution in [0.1, 0.15) is 38.5 Å². The monoisotopic (exact) mass is 333 g/mol. The molecule has 1 aromatic carbocycles. The highest BCUT2D eigenvalue weighted by atomic mass is 35.5. The summed E-state index contributed by atoms with van der Waals surface area (Å²) in [5, 5.41) is 4.71. The molecule has 0 radical (unpaired) electrons. The Balaban J connectivity index is 1.67. The van der Waals surface area contributed by atoms with Gasteiger partial charge in [-0.15, -0.1) is 0 Å². The highest BCUT2D eigenvalue weighted by Gasteiger charge is 2.28. The van der Waals surface area contributed by atoms with Gasteiger partial charge in [0.15, 0.2) is 0 Å². The molecule has 0 unspecified atom stereocenters. The van der Waals surface area contributed by atoms with Gasteiger partial charge in [0.25, 0.3) is 0 Å². The van der Waals surface area contributed by atoms with Crippen LogP contribution in [0.25, 0.3) is 11.4 Å². The Morgan fingerprint density at radius 2 is 2.09 bits per heavy atom. The van der Waals surface area contributed by atoms with Gasteiger partial charge in [0, 0.05) is 35.5 Å². The Hall–Kier alpha value is -1.88. The molecule has 0 N–H and O–H groups in total. The average Bonchev–Trinajstić information content (AvgIpc) is 3.04. The number of nitrogens with zero attached hydrogens (tertiary/aromatic N) is 3. The summed E-state index contributed by atoms with van der Waals surface area (Å²) in [6.45, 7) is 5.36. The number of carbonyl (C=O) groups is 1. The van der Waals surface area contributed by atoms with Crippen LogP contribution in [0.2, 0.25) is 5.02 Å². The minimum Gasteiger partial charge on any atom is -0.342 e. The molecule has 1 aliphatic heterocycles. The zero-order valence-electron chi connectivity index (χ0n) is 13.3. The first-order chi connectivity index (χ1) is 11.0. The van der Waals surface area contributed by atoms with Crippen LogP contribution in [0, 0.1) is 5.92 Å². The number of hydrogen-bond acceptors (Lipinski definition) is 4. The number of likely N-dealkylation sites (tertiary alicyclic amines) is 1. The minimum atomic E-state index is 0.0457. The Morgan fingerprint density at radius 3 is 2.74 bits per heavy atom. The molecule has 0 bridgehead atoms. The molecule has 3 rings (SSSR count). The van der Waals surface area contributed by atoms with Gasteiger partial charge in [0.1, 0.15) is 0 Å². The first-order valence-electron chi connectivity index (χ1n) is 7.93. The molecular formula is C17H20ClN3O2. The number of aromatic nitrogens is 2. The van der Waals surface area contributed by atoms with Gasteiger partial charge in [-0.2, -0.15) is 4.98 Å². The standard InChI is InChI=1S/C17H20ClN3O2/c1-11(2)17(22)21-8-6-12(7-9-21)16-19-15(20-23-16)13-4-3-5-14(18)10-13/h3-5,10-12H,6-9H2,1-2H3. The number of amides is 1. The fourth-order valence-electron chi connectivity index (χ4n) is 2.86. The smallest absolute Gasteiger partial charge is 0.230 e. The van der Waals surface area contributed by atoms with Crippen LogP contribution in [0.5, 0.6) is 0 Å². The molecule has 0 spiro atoms. The van der Waals surface area contributed by atoms with Gasteiger partial charge in [0.2, 0.25) is 17.6 Å². The summed E-state index contributed by atoms with van der Waals surface area (Å²) in [4.78, 5) is 18.5. The third-order valence-corrected chi connectivity index (χ3v) is 4.41. The highest BCUT2D eigenvalue weighted by Crippen LogP contribution is 2.29. The Bertz CT molecular complexity index is 691. The van der Waals surface area contributed by atoms with Crippen LogP contribution >= 0.6 is 11.6 Å². The van der Waals surface area contributed by atoms with Crippen LogP contribution in [0.15, 0.2) is 28.8 Å². The zero-order chi connectivity index (χ0) is 16.4. The summed E-state index contributed by atoms with van der Waals surface area (Å²) in [5.41, 5.74) is 0.847. The van der Waals surface area contributed by atoms with Crippen molar-refractivity contribution in [2.24, 2.45) is 5.92 Å². The van der Waals surface area contributed by atoms with Crippen molar-refractivity contribution < 1.29 is 9.32 Å². The van der Waals surface area contributed by atoms with Crippen molar-refractivity contribution in [1.82, 2.24) is 15.0 Å². The maximum atomic E-state index is 12.0. The summed E-state index contributed by atoms with van der Waals surface area (Å²) in [7, 11) is 0. The number of piperidine rings is 1. The predicted octanol–water partition coefficient (Wildman–Crippen LogP) is 3.75. The van der Waals surface area contributed by atoms with E-state index in [0.717, 1.165) is 31.5 Å². The summed E-state index contributed by atoms with van der Waals surface area (Å²) in [6.07, 6.45) is 1.71. The van der Waals surface area contributed by atoms with Gasteiger partial charge < -0.3 is 9.42 Å². The Labute approximate surface area is 140 Å². The molecule has 1 saturated heterocycles. The number of halogens is 1. The maximum Gasteiger partial charge on any atom is 0.230 e. The largest absolute Gasteiger partial charge is 0.342 e. The zero-order valence-corrected chi connectivity index (χ0v) is 14.1. The Kier molecular flexibility index (Phi) is 4.66. The van der Waals surface area contributed by atoms with Gasteiger partial charge in [-0.1, -0.05) is 42.7 Å². The molecule has 122 valence electrons. The Morgan fingerprint density at radius 1 is 1.35 bits per heavy atom. The third-order valence-electron chi connectivity index (χ3n) is 4.17. The molecule has 6 heteroatoms. The SMILES string of the molecule is CC(C)C(=O)N1CCC(c2nc(-c3cccc(Cl)c3)no2)CC1. The van der Waals surface area contributed by atoms with E-state index in [2.05, 4.69) is 10.1 Å². The normalized spacial score (nSPS) is 16.1. The summed E-state index contributed by atoms with van der Waals surface area (Å²) in [5.74, 6) is 1.68. The second kappa shape index (κ2) is 6.71. The number of rotatable bonds is 3. The van der Waals surface area contributed by atoms with Crippen molar-refractivity contribution in [2.45, 2.75) is 32.6 Å². The van der Waals surface area contributed by atoms with Crippen LogP contribution in [-0.2, 0) is 4.79 Å². The van der Waals surface area contributed by atoms with Crippen molar-refractivity contribution in [3.8, 4) is 11.4 Å². The maximum absolute atomic E-state index is 12.0.